The van der Waals surface area contributed by atoms with Crippen molar-refractivity contribution in [1.82, 2.24) is 4.98 Å². The highest BCUT2D eigenvalue weighted by Gasteiger charge is 1.97. The standard InChI is InChI=1S/C9H14N2O/c1-7(2)11-9-6-8(12-3)4-5-10-9/h4-7H,1-3H3,(H,10,11). The maximum Gasteiger partial charge on any atom is 0.129 e. The lowest BCUT2D eigenvalue weighted by molar-refractivity contribution is 0.414. The Balaban J connectivity index is 2.72. The molecule has 0 unspecified atom stereocenters. The number of nitrogens with one attached hydrogen (secondary N) is 1. The first-order valence-electron chi connectivity index (χ1n) is 3.99. The average molecular weight is 166 g/mol. The van der Waals surface area contributed by atoms with Crippen molar-refractivity contribution in [2.24, 2.45) is 0 Å². The molecule has 0 bridgehead atoms. The van der Waals surface area contributed by atoms with Gasteiger partial charge >= 0.3 is 0 Å². The second-order valence-corrected chi connectivity index (χ2v) is 2.88. The van der Waals surface area contributed by atoms with E-state index in [0.717, 1.165) is 11.6 Å². The van der Waals surface area contributed by atoms with E-state index in [1.54, 1.807) is 13.3 Å². The fraction of sp³-hybridized carbons (Fsp3) is 0.444. The largest absolute Gasteiger partial charge is 0.497 e. The molecule has 0 fully saturated rings. The molecule has 1 rings (SSSR count). The number of nitrogens with zero attached hydrogens (tertiary/aromatic N) is 1. The summed E-state index contributed by atoms with van der Waals surface area (Å²) in [4.78, 5) is 4.14. The number of methoxy groups -OCH3 is 1. The summed E-state index contributed by atoms with van der Waals surface area (Å²) in [7, 11) is 1.65. The SMILES string of the molecule is COc1ccnc(NC(C)C)c1. The third-order valence-corrected chi connectivity index (χ3v) is 1.40. The summed E-state index contributed by atoms with van der Waals surface area (Å²) in [5.74, 6) is 1.68. The monoisotopic (exact) mass is 166 g/mol. The van der Waals surface area contributed by atoms with Crippen LogP contribution in [0.15, 0.2) is 18.3 Å². The molecule has 1 heterocycles. The molecule has 0 saturated heterocycles. The Hall–Kier alpha value is -1.25. The van der Waals surface area contributed by atoms with Gasteiger partial charge in [-0.3, -0.25) is 0 Å². The molecule has 0 saturated carbocycles. The number of ether oxygens (including phenoxy) is 1. The maximum absolute atomic E-state index is 5.06. The van der Waals surface area contributed by atoms with E-state index in [2.05, 4.69) is 24.1 Å². The van der Waals surface area contributed by atoms with E-state index in [1.165, 1.54) is 0 Å². The molecule has 0 atom stereocenters. The summed E-state index contributed by atoms with van der Waals surface area (Å²) >= 11 is 0. The van der Waals surface area contributed by atoms with Crippen LogP contribution in [0.2, 0.25) is 0 Å². The number of aromatic nitrogens is 1. The molecule has 0 spiro atoms. The highest BCUT2D eigenvalue weighted by atomic mass is 16.5. The topological polar surface area (TPSA) is 34.1 Å². The molecule has 0 amide bonds. The van der Waals surface area contributed by atoms with Crippen molar-refractivity contribution in [2.75, 3.05) is 12.4 Å². The molecular formula is C9H14N2O. The van der Waals surface area contributed by atoms with Crippen molar-refractivity contribution in [3.63, 3.8) is 0 Å². The van der Waals surface area contributed by atoms with E-state index in [4.69, 9.17) is 4.74 Å². The maximum atomic E-state index is 5.06. The van der Waals surface area contributed by atoms with E-state index in [-0.39, 0.29) is 0 Å². The van der Waals surface area contributed by atoms with Crippen molar-refractivity contribution >= 4 is 5.82 Å². The Morgan fingerprint density at radius 3 is 2.83 bits per heavy atom. The van der Waals surface area contributed by atoms with E-state index >= 15 is 0 Å². The van der Waals surface area contributed by atoms with Gasteiger partial charge in [-0.05, 0) is 19.9 Å². The lowest BCUT2D eigenvalue weighted by Crippen LogP contribution is -2.10. The van der Waals surface area contributed by atoms with Gasteiger partial charge in [-0.15, -0.1) is 0 Å². The zero-order valence-corrected chi connectivity index (χ0v) is 7.66. The Kier molecular flexibility index (Phi) is 2.91. The van der Waals surface area contributed by atoms with Gasteiger partial charge < -0.3 is 10.1 Å². The van der Waals surface area contributed by atoms with Gasteiger partial charge in [0.05, 0.1) is 7.11 Å². The molecule has 1 N–H and O–H groups in total. The van der Waals surface area contributed by atoms with Crippen molar-refractivity contribution in [3.8, 4) is 5.75 Å². The number of hydrogen-bond donors (Lipinski definition) is 1. The first-order valence-corrected chi connectivity index (χ1v) is 3.99. The van der Waals surface area contributed by atoms with Crippen molar-refractivity contribution in [3.05, 3.63) is 18.3 Å². The Morgan fingerprint density at radius 2 is 2.25 bits per heavy atom. The Morgan fingerprint density at radius 1 is 1.50 bits per heavy atom. The summed E-state index contributed by atoms with van der Waals surface area (Å²) in [6, 6.07) is 4.09. The number of anilines is 1. The minimum Gasteiger partial charge on any atom is -0.497 e. The predicted octanol–water partition coefficient (Wildman–Crippen LogP) is 1.91. The van der Waals surface area contributed by atoms with Gasteiger partial charge in [-0.25, -0.2) is 4.98 Å². The summed E-state index contributed by atoms with van der Waals surface area (Å²) in [5, 5.41) is 3.19. The highest BCUT2D eigenvalue weighted by molar-refractivity contribution is 5.40. The van der Waals surface area contributed by atoms with E-state index in [9.17, 15) is 0 Å². The molecule has 12 heavy (non-hydrogen) atoms. The van der Waals surface area contributed by atoms with Gasteiger partial charge in [0.15, 0.2) is 0 Å². The van der Waals surface area contributed by atoms with E-state index in [0.29, 0.717) is 6.04 Å². The zero-order valence-electron chi connectivity index (χ0n) is 7.66. The van der Waals surface area contributed by atoms with Crippen LogP contribution in [0.25, 0.3) is 0 Å². The van der Waals surface area contributed by atoms with E-state index < -0.39 is 0 Å². The van der Waals surface area contributed by atoms with Crippen LogP contribution in [0, 0.1) is 0 Å². The fourth-order valence-electron chi connectivity index (χ4n) is 0.913. The molecule has 0 aromatic carbocycles. The lowest BCUT2D eigenvalue weighted by atomic mass is 10.3. The van der Waals surface area contributed by atoms with Crippen LogP contribution >= 0.6 is 0 Å². The van der Waals surface area contributed by atoms with Crippen molar-refractivity contribution < 1.29 is 4.74 Å². The average Bonchev–Trinajstić information content (AvgIpc) is 2.03. The van der Waals surface area contributed by atoms with Crippen LogP contribution in [0.3, 0.4) is 0 Å². The Bertz CT molecular complexity index is 248. The molecule has 3 heteroatoms. The van der Waals surface area contributed by atoms with Crippen LogP contribution < -0.4 is 10.1 Å². The van der Waals surface area contributed by atoms with Gasteiger partial charge in [-0.1, -0.05) is 0 Å². The number of pyridine rings is 1. The quantitative estimate of drug-likeness (QED) is 0.744. The molecule has 1 aromatic rings. The molecule has 0 aliphatic carbocycles. The Labute approximate surface area is 72.8 Å². The minimum atomic E-state index is 0.393. The van der Waals surface area contributed by atoms with Crippen LogP contribution in [-0.4, -0.2) is 18.1 Å². The normalized spacial score (nSPS) is 10.0. The summed E-state index contributed by atoms with van der Waals surface area (Å²) in [5.41, 5.74) is 0. The molecule has 0 radical (unpaired) electrons. The zero-order chi connectivity index (χ0) is 8.97. The minimum absolute atomic E-state index is 0.393. The molecule has 66 valence electrons. The van der Waals surface area contributed by atoms with Gasteiger partial charge in [0.25, 0.3) is 0 Å². The number of hydrogen-bond acceptors (Lipinski definition) is 3. The van der Waals surface area contributed by atoms with Gasteiger partial charge in [0, 0.05) is 18.3 Å². The molecule has 3 nitrogen and oxygen atoms in total. The highest BCUT2D eigenvalue weighted by Crippen LogP contribution is 2.13. The van der Waals surface area contributed by atoms with Crippen LogP contribution in [0.4, 0.5) is 5.82 Å². The van der Waals surface area contributed by atoms with Crippen LogP contribution in [-0.2, 0) is 0 Å². The third-order valence-electron chi connectivity index (χ3n) is 1.40. The van der Waals surface area contributed by atoms with Crippen LogP contribution in [0.1, 0.15) is 13.8 Å². The summed E-state index contributed by atoms with van der Waals surface area (Å²) in [6.45, 7) is 4.14. The molecule has 0 aliphatic rings. The second-order valence-electron chi connectivity index (χ2n) is 2.88. The smallest absolute Gasteiger partial charge is 0.129 e. The van der Waals surface area contributed by atoms with Gasteiger partial charge in [-0.2, -0.15) is 0 Å². The predicted molar refractivity (Wildman–Crippen MR) is 49.5 cm³/mol. The van der Waals surface area contributed by atoms with Crippen LogP contribution in [0.5, 0.6) is 5.75 Å². The fourth-order valence-corrected chi connectivity index (χ4v) is 0.913. The first-order chi connectivity index (χ1) is 5.72. The van der Waals surface area contributed by atoms with Crippen molar-refractivity contribution in [2.45, 2.75) is 19.9 Å². The van der Waals surface area contributed by atoms with Gasteiger partial charge in [0.2, 0.25) is 0 Å². The molecule has 1 aromatic heterocycles. The lowest BCUT2D eigenvalue weighted by Gasteiger charge is -2.09. The van der Waals surface area contributed by atoms with E-state index in [1.807, 2.05) is 12.1 Å². The third kappa shape index (κ3) is 2.42. The summed E-state index contributed by atoms with van der Waals surface area (Å²) < 4.78 is 5.06. The number of rotatable bonds is 3. The molecular weight excluding hydrogens is 152 g/mol. The molecule has 0 aliphatic heterocycles. The summed E-state index contributed by atoms with van der Waals surface area (Å²) in [6.07, 6.45) is 1.73. The second kappa shape index (κ2) is 3.95. The van der Waals surface area contributed by atoms with Gasteiger partial charge in [0.1, 0.15) is 11.6 Å². The first kappa shape index (κ1) is 8.84. The van der Waals surface area contributed by atoms with Crippen molar-refractivity contribution in [1.29, 1.82) is 0 Å².